The van der Waals surface area contributed by atoms with Crippen LogP contribution in [0.2, 0.25) is 0 Å². The van der Waals surface area contributed by atoms with Crippen molar-refractivity contribution in [2.24, 2.45) is 0 Å². The number of nitro benzene ring substituents is 1. The Morgan fingerprint density at radius 2 is 1.97 bits per heavy atom. The lowest BCUT2D eigenvalue weighted by atomic mass is 10.1. The number of hydrogen-bond donors (Lipinski definition) is 0. The molecule has 1 heterocycles. The Bertz CT molecular complexity index is 1180. The first-order valence-electron chi connectivity index (χ1n) is 9.88. The van der Waals surface area contributed by atoms with Crippen molar-refractivity contribution in [1.82, 2.24) is 4.90 Å². The fraction of sp³-hybridized carbons (Fsp3) is 0.227. The van der Waals surface area contributed by atoms with E-state index in [4.69, 9.17) is 9.47 Å². The van der Waals surface area contributed by atoms with Gasteiger partial charge in [-0.15, -0.1) is 0 Å². The van der Waals surface area contributed by atoms with Crippen LogP contribution in [0.5, 0.6) is 11.5 Å². The van der Waals surface area contributed by atoms with Crippen LogP contribution < -0.4 is 9.47 Å². The van der Waals surface area contributed by atoms with E-state index in [1.54, 1.807) is 31.2 Å². The van der Waals surface area contributed by atoms with Gasteiger partial charge in [-0.2, -0.15) is 0 Å². The van der Waals surface area contributed by atoms with E-state index in [1.165, 1.54) is 25.3 Å². The normalized spacial score (nSPS) is 14.4. The Kier molecular flexibility index (Phi) is 8.50. The molecule has 1 fully saturated rings. The van der Waals surface area contributed by atoms with E-state index in [-0.39, 0.29) is 29.3 Å². The molecule has 12 heteroatoms. The van der Waals surface area contributed by atoms with Crippen LogP contribution in [0.1, 0.15) is 18.1 Å². The highest BCUT2D eigenvalue weighted by molar-refractivity contribution is 14.1. The number of carbonyl (C=O) groups excluding carboxylic acids is 3. The van der Waals surface area contributed by atoms with Crippen LogP contribution in [0.3, 0.4) is 0 Å². The number of nitrogens with zero attached hydrogens (tertiary/aromatic N) is 2. The number of esters is 1. The summed E-state index contributed by atoms with van der Waals surface area (Å²) in [6.07, 6.45) is 1.54. The van der Waals surface area contributed by atoms with E-state index < -0.39 is 22.0 Å². The van der Waals surface area contributed by atoms with Crippen LogP contribution in [-0.4, -0.2) is 47.3 Å². The van der Waals surface area contributed by atoms with E-state index >= 15 is 0 Å². The number of thioether (sulfide) groups is 1. The summed E-state index contributed by atoms with van der Waals surface area (Å²) in [4.78, 5) is 48.7. The van der Waals surface area contributed by atoms with Gasteiger partial charge in [0, 0.05) is 11.6 Å². The lowest BCUT2D eigenvalue weighted by Crippen LogP contribution is -2.27. The second-order valence-electron chi connectivity index (χ2n) is 6.78. The molecule has 2 amide bonds. The maximum Gasteiger partial charge on any atom is 0.343 e. The Labute approximate surface area is 212 Å². The van der Waals surface area contributed by atoms with E-state index in [2.05, 4.69) is 4.74 Å². The molecule has 0 aromatic heterocycles. The number of halogens is 1. The zero-order valence-electron chi connectivity index (χ0n) is 18.1. The highest BCUT2D eigenvalue weighted by Crippen LogP contribution is 2.38. The summed E-state index contributed by atoms with van der Waals surface area (Å²) in [5, 5.41) is 10.7. The third-order valence-corrected chi connectivity index (χ3v) is 6.29. The van der Waals surface area contributed by atoms with Gasteiger partial charge in [-0.1, -0.05) is 18.2 Å². The minimum Gasteiger partial charge on any atom is -0.490 e. The number of imide groups is 1. The van der Waals surface area contributed by atoms with Gasteiger partial charge in [0.25, 0.3) is 16.8 Å². The molecule has 2 aromatic rings. The molecule has 10 nitrogen and oxygen atoms in total. The number of nitro groups is 1. The van der Waals surface area contributed by atoms with Crippen molar-refractivity contribution in [2.45, 2.75) is 13.5 Å². The number of methoxy groups -OCH3 is 1. The summed E-state index contributed by atoms with van der Waals surface area (Å²) < 4.78 is 16.4. The fourth-order valence-corrected chi connectivity index (χ4v) is 4.66. The first kappa shape index (κ1) is 25.5. The van der Waals surface area contributed by atoms with Crippen molar-refractivity contribution < 1.29 is 33.5 Å². The number of rotatable bonds is 9. The predicted octanol–water partition coefficient (Wildman–Crippen LogP) is 4.39. The third-order valence-electron chi connectivity index (χ3n) is 4.58. The van der Waals surface area contributed by atoms with Crippen LogP contribution in [-0.2, 0) is 20.9 Å². The molecular weight excluding hydrogens is 579 g/mol. The SMILES string of the molecule is CCOc1cc(/C=C2\SC(=O)N(Cc3ccccc3[N+](=O)[O-])C2=O)cc(I)c1OCC(=O)OC. The molecule has 0 spiro atoms. The van der Waals surface area contributed by atoms with Gasteiger partial charge in [-0.25, -0.2) is 4.79 Å². The first-order valence-corrected chi connectivity index (χ1v) is 11.8. The molecule has 0 N–H and O–H groups in total. The quantitative estimate of drug-likeness (QED) is 0.136. The summed E-state index contributed by atoms with van der Waals surface area (Å²) in [7, 11) is 1.26. The molecule has 1 aliphatic heterocycles. The summed E-state index contributed by atoms with van der Waals surface area (Å²) in [6.45, 7) is 1.62. The van der Waals surface area contributed by atoms with Gasteiger partial charge in [0.15, 0.2) is 18.1 Å². The van der Waals surface area contributed by atoms with Crippen molar-refractivity contribution in [3.05, 3.63) is 66.1 Å². The minimum atomic E-state index is -0.550. The average Bonchev–Trinajstić information content (AvgIpc) is 3.06. The van der Waals surface area contributed by atoms with Crippen molar-refractivity contribution >= 4 is 63.2 Å². The van der Waals surface area contributed by atoms with Gasteiger partial charge in [0.05, 0.1) is 33.7 Å². The van der Waals surface area contributed by atoms with Crippen LogP contribution in [0.4, 0.5) is 10.5 Å². The lowest BCUT2D eigenvalue weighted by Gasteiger charge is -2.14. The Balaban J connectivity index is 1.87. The summed E-state index contributed by atoms with van der Waals surface area (Å²) in [6, 6.07) is 9.31. The summed E-state index contributed by atoms with van der Waals surface area (Å²) in [5.74, 6) is -0.375. The lowest BCUT2D eigenvalue weighted by molar-refractivity contribution is -0.385. The molecule has 0 radical (unpaired) electrons. The van der Waals surface area contributed by atoms with Crippen LogP contribution in [0, 0.1) is 13.7 Å². The van der Waals surface area contributed by atoms with Gasteiger partial charge < -0.3 is 14.2 Å². The van der Waals surface area contributed by atoms with Crippen LogP contribution >= 0.6 is 34.4 Å². The molecule has 1 saturated heterocycles. The number of hydrogen-bond acceptors (Lipinski definition) is 9. The van der Waals surface area contributed by atoms with Crippen molar-refractivity contribution in [2.75, 3.05) is 20.3 Å². The topological polar surface area (TPSA) is 125 Å². The van der Waals surface area contributed by atoms with Crippen LogP contribution in [0.25, 0.3) is 6.08 Å². The highest BCUT2D eigenvalue weighted by atomic mass is 127. The number of para-hydroxylation sites is 1. The molecular formula is C22H19IN2O8S. The van der Waals surface area contributed by atoms with Crippen LogP contribution in [0.15, 0.2) is 41.3 Å². The average molecular weight is 598 g/mol. The van der Waals surface area contributed by atoms with Gasteiger partial charge in [-0.05, 0) is 65.0 Å². The van der Waals surface area contributed by atoms with Gasteiger partial charge in [0.2, 0.25) is 0 Å². The van der Waals surface area contributed by atoms with Crippen molar-refractivity contribution in [3.63, 3.8) is 0 Å². The minimum absolute atomic E-state index is 0.163. The van der Waals surface area contributed by atoms with Gasteiger partial charge in [-0.3, -0.25) is 24.6 Å². The largest absolute Gasteiger partial charge is 0.490 e. The van der Waals surface area contributed by atoms with E-state index in [0.29, 0.717) is 27.2 Å². The molecule has 2 aromatic carbocycles. The first-order chi connectivity index (χ1) is 16.2. The number of amides is 2. The summed E-state index contributed by atoms with van der Waals surface area (Å²) >= 11 is 2.77. The maximum atomic E-state index is 12.9. The molecule has 178 valence electrons. The fourth-order valence-electron chi connectivity index (χ4n) is 3.04. The van der Waals surface area contributed by atoms with Gasteiger partial charge in [0.1, 0.15) is 0 Å². The third kappa shape index (κ3) is 5.86. The zero-order chi connectivity index (χ0) is 24.8. The van der Waals surface area contributed by atoms with Gasteiger partial charge >= 0.3 is 5.97 Å². The second-order valence-corrected chi connectivity index (χ2v) is 8.94. The molecule has 0 aliphatic carbocycles. The predicted molar refractivity (Wildman–Crippen MR) is 132 cm³/mol. The maximum absolute atomic E-state index is 12.9. The monoisotopic (exact) mass is 598 g/mol. The molecule has 3 rings (SSSR count). The Hall–Kier alpha value is -3.13. The molecule has 0 unspecified atom stereocenters. The number of ether oxygens (including phenoxy) is 3. The molecule has 0 bridgehead atoms. The molecule has 1 aliphatic rings. The Morgan fingerprint density at radius 3 is 2.65 bits per heavy atom. The smallest absolute Gasteiger partial charge is 0.343 e. The number of benzene rings is 2. The van der Waals surface area contributed by atoms with Crippen molar-refractivity contribution in [3.8, 4) is 11.5 Å². The van der Waals surface area contributed by atoms with Crippen molar-refractivity contribution in [1.29, 1.82) is 0 Å². The highest BCUT2D eigenvalue weighted by Gasteiger charge is 2.36. The molecule has 34 heavy (non-hydrogen) atoms. The molecule has 0 saturated carbocycles. The summed E-state index contributed by atoms with van der Waals surface area (Å²) in [5.41, 5.74) is 0.676. The second kappa shape index (κ2) is 11.3. The Morgan fingerprint density at radius 1 is 1.24 bits per heavy atom. The van der Waals surface area contributed by atoms with E-state index in [0.717, 1.165) is 16.7 Å². The van der Waals surface area contributed by atoms with E-state index in [1.807, 2.05) is 22.6 Å². The number of carbonyl (C=O) groups is 3. The zero-order valence-corrected chi connectivity index (χ0v) is 21.1. The standard InChI is InChI=1S/C22H19IN2O8S/c1-3-32-17-9-13(8-15(23)20(17)33-12-19(26)31-2)10-18-21(27)24(22(28)34-18)11-14-6-4-5-7-16(14)25(29)30/h4-10H,3,11-12H2,1-2H3/b18-10-. The molecule has 0 atom stereocenters. The van der Waals surface area contributed by atoms with E-state index in [9.17, 15) is 24.5 Å².